The van der Waals surface area contributed by atoms with E-state index in [1.54, 1.807) is 0 Å². The van der Waals surface area contributed by atoms with E-state index in [1.807, 2.05) is 0 Å². The molecule has 0 saturated carbocycles. The normalized spacial score (nSPS) is 23.9. The van der Waals surface area contributed by atoms with Crippen LogP contribution in [0.1, 0.15) is 26.7 Å². The number of allylic oxidation sites excluding steroid dienone is 2. The molecule has 3 heteroatoms. The van der Waals surface area contributed by atoms with Crippen LogP contribution in [0.25, 0.3) is 0 Å². The van der Waals surface area contributed by atoms with E-state index in [4.69, 9.17) is 4.74 Å². The van der Waals surface area contributed by atoms with Gasteiger partial charge in [-0.1, -0.05) is 13.2 Å². The van der Waals surface area contributed by atoms with Gasteiger partial charge in [0.2, 0.25) is 0 Å². The summed E-state index contributed by atoms with van der Waals surface area (Å²) in [5, 5.41) is 0. The lowest BCUT2D eigenvalue weighted by atomic mass is 9.87. The average Bonchev–Trinajstić information content (AvgIpc) is 2.62. The Morgan fingerprint density at radius 1 is 1.12 bits per heavy atom. The number of nitrogens with zero attached hydrogens (tertiary/aromatic N) is 2. The van der Waals surface area contributed by atoms with E-state index in [0.717, 1.165) is 38.2 Å². The summed E-state index contributed by atoms with van der Waals surface area (Å²) < 4.78 is 5.63. The molecule has 3 nitrogen and oxygen atoms in total. The maximum absolute atomic E-state index is 5.63. The topological polar surface area (TPSA) is 15.7 Å². The molecule has 0 amide bonds. The SMILES string of the molecule is C=C(C)N1CCC2(CC1)COCN2C(=C)C. The number of hydrogen-bond acceptors (Lipinski definition) is 3. The molecule has 1 spiro atoms. The first kappa shape index (κ1) is 11.5. The lowest BCUT2D eigenvalue weighted by Gasteiger charge is -2.45. The molecule has 2 heterocycles. The second-order valence-corrected chi connectivity index (χ2v) is 5.09. The van der Waals surface area contributed by atoms with E-state index in [-0.39, 0.29) is 5.54 Å². The fourth-order valence-electron chi connectivity index (χ4n) is 2.78. The van der Waals surface area contributed by atoms with Crippen LogP contribution in [0.2, 0.25) is 0 Å². The van der Waals surface area contributed by atoms with Gasteiger partial charge in [-0.05, 0) is 26.7 Å². The lowest BCUT2D eigenvalue weighted by molar-refractivity contribution is 0.101. The van der Waals surface area contributed by atoms with Gasteiger partial charge in [-0.2, -0.15) is 0 Å². The van der Waals surface area contributed by atoms with Gasteiger partial charge < -0.3 is 14.5 Å². The summed E-state index contributed by atoms with van der Waals surface area (Å²) in [4.78, 5) is 4.70. The summed E-state index contributed by atoms with van der Waals surface area (Å²) >= 11 is 0. The van der Waals surface area contributed by atoms with Crippen LogP contribution in [-0.4, -0.2) is 41.8 Å². The van der Waals surface area contributed by atoms with Crippen molar-refractivity contribution in [2.75, 3.05) is 26.4 Å². The van der Waals surface area contributed by atoms with Crippen LogP contribution in [0.4, 0.5) is 0 Å². The number of ether oxygens (including phenoxy) is 1. The Morgan fingerprint density at radius 3 is 2.25 bits per heavy atom. The molecular weight excluding hydrogens is 200 g/mol. The maximum Gasteiger partial charge on any atom is 0.119 e. The van der Waals surface area contributed by atoms with Gasteiger partial charge in [0.05, 0.1) is 12.1 Å². The van der Waals surface area contributed by atoms with Gasteiger partial charge in [0, 0.05) is 24.5 Å². The van der Waals surface area contributed by atoms with E-state index in [2.05, 4.69) is 36.8 Å². The maximum atomic E-state index is 5.63. The number of rotatable bonds is 2. The Hall–Kier alpha value is -0.960. The van der Waals surface area contributed by atoms with Gasteiger partial charge in [0.15, 0.2) is 0 Å². The molecule has 0 bridgehead atoms. The van der Waals surface area contributed by atoms with Crippen molar-refractivity contribution in [2.24, 2.45) is 0 Å². The largest absolute Gasteiger partial charge is 0.375 e. The molecule has 90 valence electrons. The van der Waals surface area contributed by atoms with E-state index in [9.17, 15) is 0 Å². The smallest absolute Gasteiger partial charge is 0.119 e. The molecule has 2 aliphatic rings. The van der Waals surface area contributed by atoms with Crippen LogP contribution in [0.15, 0.2) is 24.6 Å². The highest BCUT2D eigenvalue weighted by molar-refractivity contribution is 5.07. The van der Waals surface area contributed by atoms with Gasteiger partial charge in [0.1, 0.15) is 6.73 Å². The van der Waals surface area contributed by atoms with Crippen LogP contribution in [0.5, 0.6) is 0 Å². The first-order valence-corrected chi connectivity index (χ1v) is 5.96. The van der Waals surface area contributed by atoms with E-state index in [0.29, 0.717) is 6.73 Å². The molecule has 0 unspecified atom stereocenters. The third-order valence-corrected chi connectivity index (χ3v) is 3.86. The lowest BCUT2D eigenvalue weighted by Crippen LogP contribution is -2.52. The van der Waals surface area contributed by atoms with Crippen LogP contribution in [-0.2, 0) is 4.74 Å². The molecule has 0 aromatic rings. The third-order valence-electron chi connectivity index (χ3n) is 3.86. The fourth-order valence-corrected chi connectivity index (χ4v) is 2.78. The molecule has 0 aromatic heterocycles. The molecule has 0 radical (unpaired) electrons. The second kappa shape index (κ2) is 4.13. The number of piperidine rings is 1. The minimum absolute atomic E-state index is 0.206. The summed E-state index contributed by atoms with van der Waals surface area (Å²) in [5.74, 6) is 0. The second-order valence-electron chi connectivity index (χ2n) is 5.09. The van der Waals surface area contributed by atoms with Crippen molar-refractivity contribution >= 4 is 0 Å². The molecule has 0 aliphatic carbocycles. The van der Waals surface area contributed by atoms with E-state index in [1.165, 1.54) is 5.70 Å². The molecular formula is C13H22N2O. The minimum Gasteiger partial charge on any atom is -0.375 e. The van der Waals surface area contributed by atoms with E-state index < -0.39 is 0 Å². The van der Waals surface area contributed by atoms with Crippen molar-refractivity contribution in [3.63, 3.8) is 0 Å². The highest BCUT2D eigenvalue weighted by Crippen LogP contribution is 2.36. The number of likely N-dealkylation sites (tertiary alicyclic amines) is 1. The molecule has 2 saturated heterocycles. The first-order chi connectivity index (χ1) is 7.55. The zero-order chi connectivity index (χ0) is 11.8. The average molecular weight is 222 g/mol. The van der Waals surface area contributed by atoms with Crippen molar-refractivity contribution in [1.29, 1.82) is 0 Å². The molecule has 0 atom stereocenters. The monoisotopic (exact) mass is 222 g/mol. The standard InChI is InChI=1S/C13H22N2O/c1-11(2)14-7-5-13(6-8-14)9-16-10-15(13)12(3)4/h1,3,5-10H2,2,4H3. The van der Waals surface area contributed by atoms with Crippen molar-refractivity contribution in [3.05, 3.63) is 24.6 Å². The van der Waals surface area contributed by atoms with Crippen LogP contribution in [0.3, 0.4) is 0 Å². The highest BCUT2D eigenvalue weighted by Gasteiger charge is 2.43. The molecule has 2 fully saturated rings. The predicted octanol–water partition coefficient (Wildman–Crippen LogP) is 2.18. The van der Waals surface area contributed by atoms with Crippen LogP contribution >= 0.6 is 0 Å². The summed E-state index contributed by atoms with van der Waals surface area (Å²) in [6, 6.07) is 0. The summed E-state index contributed by atoms with van der Waals surface area (Å²) in [7, 11) is 0. The Balaban J connectivity index is 2.05. The summed E-state index contributed by atoms with van der Waals surface area (Å²) in [5.41, 5.74) is 2.51. The molecule has 0 N–H and O–H groups in total. The van der Waals surface area contributed by atoms with Crippen molar-refractivity contribution < 1.29 is 4.74 Å². The molecule has 2 rings (SSSR count). The Bertz CT molecular complexity index is 303. The van der Waals surface area contributed by atoms with Crippen LogP contribution < -0.4 is 0 Å². The zero-order valence-electron chi connectivity index (χ0n) is 10.5. The van der Waals surface area contributed by atoms with Gasteiger partial charge in [-0.15, -0.1) is 0 Å². The minimum atomic E-state index is 0.206. The fraction of sp³-hybridized carbons (Fsp3) is 0.692. The predicted molar refractivity (Wildman–Crippen MR) is 65.8 cm³/mol. The van der Waals surface area contributed by atoms with Crippen molar-refractivity contribution in [1.82, 2.24) is 9.80 Å². The van der Waals surface area contributed by atoms with Gasteiger partial charge in [0.25, 0.3) is 0 Å². The zero-order valence-corrected chi connectivity index (χ0v) is 10.5. The van der Waals surface area contributed by atoms with Gasteiger partial charge >= 0.3 is 0 Å². The number of hydrogen-bond donors (Lipinski definition) is 0. The summed E-state index contributed by atoms with van der Waals surface area (Å²) in [6.45, 7) is 16.0. The molecule has 2 aliphatic heterocycles. The van der Waals surface area contributed by atoms with Crippen LogP contribution in [0, 0.1) is 0 Å². The van der Waals surface area contributed by atoms with Gasteiger partial charge in [-0.25, -0.2) is 0 Å². The quantitative estimate of drug-likeness (QED) is 0.712. The highest BCUT2D eigenvalue weighted by atomic mass is 16.5. The Labute approximate surface area is 98.4 Å². The van der Waals surface area contributed by atoms with Crippen molar-refractivity contribution in [3.8, 4) is 0 Å². The molecule has 16 heavy (non-hydrogen) atoms. The van der Waals surface area contributed by atoms with Crippen molar-refractivity contribution in [2.45, 2.75) is 32.2 Å². The third kappa shape index (κ3) is 1.84. The Morgan fingerprint density at radius 2 is 1.75 bits per heavy atom. The first-order valence-electron chi connectivity index (χ1n) is 5.96. The van der Waals surface area contributed by atoms with Gasteiger partial charge in [-0.3, -0.25) is 0 Å². The summed E-state index contributed by atoms with van der Waals surface area (Å²) in [6.07, 6.45) is 2.29. The molecule has 0 aromatic carbocycles. The van der Waals surface area contributed by atoms with E-state index >= 15 is 0 Å². The Kier molecular flexibility index (Phi) is 2.98.